The van der Waals surface area contributed by atoms with Gasteiger partial charge in [0.15, 0.2) is 0 Å². The monoisotopic (exact) mass is 342 g/mol. The van der Waals surface area contributed by atoms with Crippen LogP contribution in [0.3, 0.4) is 0 Å². The Bertz CT molecular complexity index is 601. The summed E-state index contributed by atoms with van der Waals surface area (Å²) in [4.78, 5) is 14.6. The largest absolute Gasteiger partial charge is 0.398 e. The smallest absolute Gasteiger partial charge is 0.225 e. The van der Waals surface area contributed by atoms with E-state index < -0.39 is 0 Å². The van der Waals surface area contributed by atoms with Gasteiger partial charge in [0.25, 0.3) is 0 Å². The topological polar surface area (TPSA) is 70.4 Å². The number of anilines is 1. The van der Waals surface area contributed by atoms with Gasteiger partial charge in [-0.25, -0.2) is 0 Å². The second kappa shape index (κ2) is 8.39. The van der Waals surface area contributed by atoms with Crippen LogP contribution in [0.25, 0.3) is 5.70 Å². The second-order valence-electron chi connectivity index (χ2n) is 7.24. The first kappa shape index (κ1) is 17.8. The molecule has 0 unspecified atom stereocenters. The van der Waals surface area contributed by atoms with E-state index in [4.69, 9.17) is 5.73 Å². The lowest BCUT2D eigenvalue weighted by molar-refractivity contribution is -0.137. The van der Waals surface area contributed by atoms with Crippen LogP contribution in [0.4, 0.5) is 5.69 Å². The Morgan fingerprint density at radius 3 is 2.56 bits per heavy atom. The molecule has 0 bridgehead atoms. The number of para-hydroxylation sites is 1. The number of rotatable bonds is 5. The fourth-order valence-corrected chi connectivity index (χ4v) is 3.89. The first-order valence-electron chi connectivity index (χ1n) is 9.42. The Morgan fingerprint density at radius 1 is 1.20 bits per heavy atom. The Balaban J connectivity index is 1.42. The second-order valence-corrected chi connectivity index (χ2v) is 7.24. The minimum absolute atomic E-state index is 0.224. The van der Waals surface area contributed by atoms with Gasteiger partial charge < -0.3 is 21.3 Å². The van der Waals surface area contributed by atoms with Gasteiger partial charge >= 0.3 is 0 Å². The molecule has 0 atom stereocenters. The van der Waals surface area contributed by atoms with Crippen LogP contribution >= 0.6 is 0 Å². The zero-order chi connectivity index (χ0) is 17.6. The van der Waals surface area contributed by atoms with Gasteiger partial charge in [0.1, 0.15) is 0 Å². The van der Waals surface area contributed by atoms with Crippen molar-refractivity contribution in [3.63, 3.8) is 0 Å². The maximum Gasteiger partial charge on any atom is 0.225 e. The minimum atomic E-state index is 0.224. The van der Waals surface area contributed by atoms with Crippen molar-refractivity contribution in [2.24, 2.45) is 11.8 Å². The molecule has 1 aromatic carbocycles. The third kappa shape index (κ3) is 4.54. The summed E-state index contributed by atoms with van der Waals surface area (Å²) in [6.07, 6.45) is 4.23. The van der Waals surface area contributed by atoms with Gasteiger partial charge in [0.05, 0.1) is 0 Å². The number of amides is 1. The van der Waals surface area contributed by atoms with Crippen LogP contribution in [-0.4, -0.2) is 43.5 Å². The molecule has 136 valence electrons. The molecule has 1 saturated heterocycles. The van der Waals surface area contributed by atoms with Crippen molar-refractivity contribution >= 4 is 17.3 Å². The molecule has 1 aromatic rings. The van der Waals surface area contributed by atoms with Gasteiger partial charge in [-0.05, 0) is 37.7 Å². The van der Waals surface area contributed by atoms with Crippen LogP contribution in [0, 0.1) is 11.8 Å². The molecule has 1 aliphatic heterocycles. The Morgan fingerprint density at radius 2 is 1.88 bits per heavy atom. The first-order valence-corrected chi connectivity index (χ1v) is 9.42. The first-order chi connectivity index (χ1) is 12.1. The highest BCUT2D eigenvalue weighted by molar-refractivity contribution is 5.79. The standard InChI is InChI=1S/C20H30N4O/c1-15(18-4-2-3-5-19(18)21)23-14-16-6-8-17(9-7-16)20(25)24-12-10-22-11-13-24/h2-5,16-17,22-23H,1,6-14,21H2. The molecule has 0 radical (unpaired) electrons. The van der Waals surface area contributed by atoms with Gasteiger partial charge in [-0.3, -0.25) is 4.79 Å². The number of benzene rings is 1. The fourth-order valence-electron chi connectivity index (χ4n) is 3.89. The fraction of sp³-hybridized carbons (Fsp3) is 0.550. The molecule has 1 amide bonds. The van der Waals surface area contributed by atoms with Gasteiger partial charge in [-0.1, -0.05) is 24.8 Å². The third-order valence-electron chi connectivity index (χ3n) is 5.51. The zero-order valence-corrected chi connectivity index (χ0v) is 15.0. The van der Waals surface area contributed by atoms with Crippen LogP contribution in [0.1, 0.15) is 31.2 Å². The highest BCUT2D eigenvalue weighted by Crippen LogP contribution is 2.30. The SMILES string of the molecule is C=C(NCC1CCC(C(=O)N2CCNCC2)CC1)c1ccccc1N. The summed E-state index contributed by atoms with van der Waals surface area (Å²) >= 11 is 0. The molecule has 2 aliphatic rings. The number of nitrogens with one attached hydrogen (secondary N) is 2. The predicted molar refractivity (Wildman–Crippen MR) is 103 cm³/mol. The number of hydrogen-bond acceptors (Lipinski definition) is 4. The van der Waals surface area contributed by atoms with E-state index in [1.807, 2.05) is 29.2 Å². The van der Waals surface area contributed by atoms with Gasteiger partial charge in [-0.15, -0.1) is 0 Å². The van der Waals surface area contributed by atoms with Crippen LogP contribution in [0.2, 0.25) is 0 Å². The minimum Gasteiger partial charge on any atom is -0.398 e. The molecule has 5 nitrogen and oxygen atoms in total. The normalized spacial score (nSPS) is 23.9. The van der Waals surface area contributed by atoms with Crippen LogP contribution in [-0.2, 0) is 4.79 Å². The number of nitrogens with two attached hydrogens (primary N) is 1. The summed E-state index contributed by atoms with van der Waals surface area (Å²) in [5, 5.41) is 6.74. The lowest BCUT2D eigenvalue weighted by atomic mass is 9.81. The highest BCUT2D eigenvalue weighted by atomic mass is 16.2. The molecule has 2 fully saturated rings. The molecule has 3 rings (SSSR count). The van der Waals surface area contributed by atoms with Crippen LogP contribution < -0.4 is 16.4 Å². The Kier molecular flexibility index (Phi) is 5.97. The summed E-state index contributed by atoms with van der Waals surface area (Å²) in [6, 6.07) is 7.80. The van der Waals surface area contributed by atoms with E-state index in [9.17, 15) is 4.79 Å². The molecule has 1 heterocycles. The summed E-state index contributed by atoms with van der Waals surface area (Å²) in [7, 11) is 0. The number of piperazine rings is 1. The maximum absolute atomic E-state index is 12.6. The molecule has 1 aliphatic carbocycles. The van der Waals surface area contributed by atoms with Crippen LogP contribution in [0.15, 0.2) is 30.8 Å². The van der Waals surface area contributed by atoms with E-state index in [-0.39, 0.29) is 5.92 Å². The number of carbonyl (C=O) groups is 1. The summed E-state index contributed by atoms with van der Waals surface area (Å²) in [5.74, 6) is 1.20. The molecular formula is C20H30N4O. The molecule has 0 spiro atoms. The molecular weight excluding hydrogens is 312 g/mol. The van der Waals surface area contributed by atoms with E-state index in [2.05, 4.69) is 17.2 Å². The van der Waals surface area contributed by atoms with Gasteiger partial charge in [-0.2, -0.15) is 0 Å². The summed E-state index contributed by atoms with van der Waals surface area (Å²) in [5.41, 5.74) is 8.62. The number of nitrogens with zero attached hydrogens (tertiary/aromatic N) is 1. The van der Waals surface area contributed by atoms with Gasteiger partial charge in [0.2, 0.25) is 5.91 Å². The van der Waals surface area contributed by atoms with E-state index >= 15 is 0 Å². The van der Waals surface area contributed by atoms with Crippen molar-refractivity contribution in [3.8, 4) is 0 Å². The number of nitrogen functional groups attached to an aromatic ring is 1. The van der Waals surface area contributed by atoms with Crippen molar-refractivity contribution < 1.29 is 4.79 Å². The molecule has 25 heavy (non-hydrogen) atoms. The average Bonchev–Trinajstić information content (AvgIpc) is 2.67. The van der Waals surface area contributed by atoms with Crippen molar-refractivity contribution in [2.75, 3.05) is 38.5 Å². The molecule has 4 N–H and O–H groups in total. The number of hydrogen-bond donors (Lipinski definition) is 3. The quantitative estimate of drug-likeness (QED) is 0.717. The Hall–Kier alpha value is -2.01. The predicted octanol–water partition coefficient (Wildman–Crippen LogP) is 2.07. The Labute approximate surface area is 150 Å². The maximum atomic E-state index is 12.6. The third-order valence-corrected chi connectivity index (χ3v) is 5.51. The molecule has 5 heteroatoms. The van der Waals surface area contributed by atoms with E-state index in [1.54, 1.807) is 0 Å². The van der Waals surface area contributed by atoms with Crippen molar-refractivity contribution in [2.45, 2.75) is 25.7 Å². The van der Waals surface area contributed by atoms with Crippen molar-refractivity contribution in [1.29, 1.82) is 0 Å². The average molecular weight is 342 g/mol. The zero-order valence-electron chi connectivity index (χ0n) is 15.0. The van der Waals surface area contributed by atoms with E-state index in [0.717, 1.165) is 75.4 Å². The van der Waals surface area contributed by atoms with Crippen LogP contribution in [0.5, 0.6) is 0 Å². The lowest BCUT2D eigenvalue weighted by Crippen LogP contribution is -2.49. The van der Waals surface area contributed by atoms with Gasteiger partial charge in [0, 0.05) is 55.6 Å². The van der Waals surface area contributed by atoms with E-state index in [1.165, 1.54) is 0 Å². The highest BCUT2D eigenvalue weighted by Gasteiger charge is 2.29. The lowest BCUT2D eigenvalue weighted by Gasteiger charge is -2.34. The number of carbonyl (C=O) groups excluding carboxylic acids is 1. The molecule has 1 saturated carbocycles. The van der Waals surface area contributed by atoms with Crippen molar-refractivity contribution in [1.82, 2.24) is 15.5 Å². The van der Waals surface area contributed by atoms with E-state index in [0.29, 0.717) is 11.8 Å². The van der Waals surface area contributed by atoms with Crippen molar-refractivity contribution in [3.05, 3.63) is 36.4 Å². The summed E-state index contributed by atoms with van der Waals surface area (Å²) < 4.78 is 0. The molecule has 0 aromatic heterocycles. The summed E-state index contributed by atoms with van der Waals surface area (Å²) in [6.45, 7) is 8.59.